The van der Waals surface area contributed by atoms with E-state index in [2.05, 4.69) is 13.0 Å². The van der Waals surface area contributed by atoms with E-state index >= 15 is 0 Å². The molecule has 1 aliphatic heterocycles. The molecule has 0 aromatic heterocycles. The summed E-state index contributed by atoms with van der Waals surface area (Å²) in [5, 5.41) is 0. The van der Waals surface area contributed by atoms with Crippen LogP contribution in [0.5, 0.6) is 0 Å². The first-order valence-electron chi connectivity index (χ1n) is 6.81. The normalized spacial score (nSPS) is 26.3. The lowest BCUT2D eigenvalue weighted by atomic mass is 9.97. The average Bonchev–Trinajstić information content (AvgIpc) is 2.86. The van der Waals surface area contributed by atoms with Crippen molar-refractivity contribution in [3.63, 3.8) is 0 Å². The number of rotatable bonds is 6. The Kier molecular flexibility index (Phi) is 4.34. The van der Waals surface area contributed by atoms with Gasteiger partial charge in [-0.3, -0.25) is 9.59 Å². The molecule has 0 aromatic rings. The van der Waals surface area contributed by atoms with Gasteiger partial charge in [0.25, 0.3) is 0 Å². The van der Waals surface area contributed by atoms with Crippen molar-refractivity contribution in [1.29, 1.82) is 0 Å². The smallest absolute Gasteiger partial charge is 0.306 e. The molecular weight excluding hydrogens is 228 g/mol. The van der Waals surface area contributed by atoms with Crippen molar-refractivity contribution < 1.29 is 14.3 Å². The Hall–Kier alpha value is -1.38. The highest BCUT2D eigenvalue weighted by Crippen LogP contribution is 2.37. The van der Waals surface area contributed by atoms with E-state index in [9.17, 15) is 9.59 Å². The first-order valence-corrected chi connectivity index (χ1v) is 6.81. The van der Waals surface area contributed by atoms with Gasteiger partial charge in [0.15, 0.2) is 5.78 Å². The van der Waals surface area contributed by atoms with Crippen molar-refractivity contribution in [2.75, 3.05) is 0 Å². The topological polar surface area (TPSA) is 43.4 Å². The molecule has 0 saturated carbocycles. The molecule has 18 heavy (non-hydrogen) atoms. The van der Waals surface area contributed by atoms with E-state index in [4.69, 9.17) is 4.74 Å². The molecule has 1 saturated heterocycles. The van der Waals surface area contributed by atoms with E-state index in [0.29, 0.717) is 12.8 Å². The molecule has 98 valence electrons. The maximum atomic E-state index is 11.6. The minimum atomic E-state index is -0.113. The highest BCUT2D eigenvalue weighted by atomic mass is 16.5. The SMILES string of the molecule is CCCCCC(=O)/C=C/C1=CC[C@@H]2OC(=O)C[C@H]12. The van der Waals surface area contributed by atoms with Crippen LogP contribution in [0.2, 0.25) is 0 Å². The van der Waals surface area contributed by atoms with Crippen LogP contribution in [0.15, 0.2) is 23.8 Å². The molecule has 0 radical (unpaired) electrons. The molecule has 0 amide bonds. The Morgan fingerprint density at radius 2 is 2.33 bits per heavy atom. The van der Waals surface area contributed by atoms with Gasteiger partial charge in [-0.1, -0.05) is 31.9 Å². The minimum absolute atomic E-state index is 0.0207. The number of carbonyl (C=O) groups is 2. The number of allylic oxidation sites excluding steroid dienone is 2. The number of ketones is 1. The van der Waals surface area contributed by atoms with E-state index in [-0.39, 0.29) is 23.8 Å². The van der Waals surface area contributed by atoms with Crippen LogP contribution in [0.25, 0.3) is 0 Å². The third-order valence-electron chi connectivity index (χ3n) is 3.62. The number of hydrogen-bond donors (Lipinski definition) is 0. The zero-order chi connectivity index (χ0) is 13.0. The molecule has 1 heterocycles. The second-order valence-corrected chi connectivity index (χ2v) is 5.04. The summed E-state index contributed by atoms with van der Waals surface area (Å²) in [6.07, 6.45) is 10.7. The first-order chi connectivity index (χ1) is 8.70. The highest BCUT2D eigenvalue weighted by molar-refractivity contribution is 5.90. The summed E-state index contributed by atoms with van der Waals surface area (Å²) in [5.41, 5.74) is 1.09. The van der Waals surface area contributed by atoms with Crippen LogP contribution in [0.4, 0.5) is 0 Å². The number of esters is 1. The summed E-state index contributed by atoms with van der Waals surface area (Å²) in [6.45, 7) is 2.13. The summed E-state index contributed by atoms with van der Waals surface area (Å²) in [4.78, 5) is 22.8. The first kappa shape index (κ1) is 13.1. The Labute approximate surface area is 108 Å². The summed E-state index contributed by atoms with van der Waals surface area (Å²) in [5.74, 6) is 0.244. The molecular formula is C15H20O3. The molecule has 0 N–H and O–H groups in total. The van der Waals surface area contributed by atoms with Crippen LogP contribution in [0.1, 0.15) is 45.4 Å². The fourth-order valence-corrected chi connectivity index (χ4v) is 2.57. The third-order valence-corrected chi connectivity index (χ3v) is 3.62. The van der Waals surface area contributed by atoms with Gasteiger partial charge in [0.2, 0.25) is 0 Å². The monoisotopic (exact) mass is 248 g/mol. The van der Waals surface area contributed by atoms with Gasteiger partial charge in [-0.05, 0) is 18.1 Å². The van der Waals surface area contributed by atoms with E-state index < -0.39 is 0 Å². The number of ether oxygens (including phenoxy) is 1. The second kappa shape index (κ2) is 5.98. The van der Waals surface area contributed by atoms with Crippen molar-refractivity contribution in [3.8, 4) is 0 Å². The van der Waals surface area contributed by atoms with Crippen LogP contribution in [-0.2, 0) is 14.3 Å². The Morgan fingerprint density at radius 1 is 1.50 bits per heavy atom. The van der Waals surface area contributed by atoms with Gasteiger partial charge < -0.3 is 4.74 Å². The predicted molar refractivity (Wildman–Crippen MR) is 69.0 cm³/mol. The number of fused-ring (bicyclic) bond motifs is 1. The lowest BCUT2D eigenvalue weighted by Gasteiger charge is -2.08. The average molecular weight is 248 g/mol. The fraction of sp³-hybridized carbons (Fsp3) is 0.600. The molecule has 2 atom stereocenters. The van der Waals surface area contributed by atoms with Crippen LogP contribution < -0.4 is 0 Å². The van der Waals surface area contributed by atoms with Gasteiger partial charge in [0.1, 0.15) is 6.10 Å². The standard InChI is InChI=1S/C15H20O3/c1-2-3-4-5-12(16)8-6-11-7-9-14-13(11)10-15(17)18-14/h6-8,13-14H,2-5,9-10H2,1H3/b8-6+/t13-,14+/m1/s1. The van der Waals surface area contributed by atoms with E-state index in [1.165, 1.54) is 0 Å². The van der Waals surface area contributed by atoms with Gasteiger partial charge in [-0.2, -0.15) is 0 Å². The van der Waals surface area contributed by atoms with Crippen LogP contribution in [-0.4, -0.2) is 17.9 Å². The third kappa shape index (κ3) is 3.09. The zero-order valence-corrected chi connectivity index (χ0v) is 10.9. The number of hydrogen-bond acceptors (Lipinski definition) is 3. The summed E-state index contributed by atoms with van der Waals surface area (Å²) < 4.78 is 5.19. The maximum absolute atomic E-state index is 11.6. The number of carbonyl (C=O) groups excluding carboxylic acids is 2. The molecule has 0 bridgehead atoms. The second-order valence-electron chi connectivity index (χ2n) is 5.04. The predicted octanol–water partition coefficient (Wildman–Crippen LogP) is 2.95. The molecule has 3 nitrogen and oxygen atoms in total. The fourth-order valence-electron chi connectivity index (χ4n) is 2.57. The molecule has 0 aromatic carbocycles. The van der Waals surface area contributed by atoms with Crippen molar-refractivity contribution in [1.82, 2.24) is 0 Å². The molecule has 1 fully saturated rings. The zero-order valence-electron chi connectivity index (χ0n) is 10.9. The lowest BCUT2D eigenvalue weighted by Crippen LogP contribution is -2.10. The molecule has 1 aliphatic carbocycles. The molecule has 2 aliphatic rings. The molecule has 2 rings (SSSR count). The largest absolute Gasteiger partial charge is 0.461 e. The van der Waals surface area contributed by atoms with Crippen LogP contribution in [0.3, 0.4) is 0 Å². The van der Waals surface area contributed by atoms with Crippen LogP contribution >= 0.6 is 0 Å². The Morgan fingerprint density at radius 3 is 3.11 bits per heavy atom. The Balaban J connectivity index is 1.82. The van der Waals surface area contributed by atoms with Crippen LogP contribution in [0, 0.1) is 5.92 Å². The quantitative estimate of drug-likeness (QED) is 0.412. The van der Waals surface area contributed by atoms with E-state index in [1.807, 2.05) is 6.08 Å². The summed E-state index contributed by atoms with van der Waals surface area (Å²) >= 11 is 0. The molecule has 0 spiro atoms. The molecule has 3 heteroatoms. The lowest BCUT2D eigenvalue weighted by molar-refractivity contribution is -0.141. The maximum Gasteiger partial charge on any atom is 0.306 e. The van der Waals surface area contributed by atoms with Crippen molar-refractivity contribution >= 4 is 11.8 Å². The van der Waals surface area contributed by atoms with Crippen molar-refractivity contribution in [3.05, 3.63) is 23.8 Å². The summed E-state index contributed by atoms with van der Waals surface area (Å²) in [6, 6.07) is 0. The van der Waals surface area contributed by atoms with Crippen molar-refractivity contribution in [2.24, 2.45) is 5.92 Å². The van der Waals surface area contributed by atoms with E-state index in [0.717, 1.165) is 31.3 Å². The van der Waals surface area contributed by atoms with Gasteiger partial charge in [-0.15, -0.1) is 0 Å². The van der Waals surface area contributed by atoms with Gasteiger partial charge in [-0.25, -0.2) is 0 Å². The van der Waals surface area contributed by atoms with Gasteiger partial charge in [0, 0.05) is 18.8 Å². The highest BCUT2D eigenvalue weighted by Gasteiger charge is 2.39. The summed E-state index contributed by atoms with van der Waals surface area (Å²) in [7, 11) is 0. The van der Waals surface area contributed by atoms with E-state index in [1.54, 1.807) is 6.08 Å². The van der Waals surface area contributed by atoms with Crippen molar-refractivity contribution in [2.45, 2.75) is 51.6 Å². The Bertz CT molecular complexity index is 393. The van der Waals surface area contributed by atoms with Gasteiger partial charge in [0.05, 0.1) is 6.42 Å². The molecule has 0 unspecified atom stereocenters. The number of unbranched alkanes of at least 4 members (excludes halogenated alkanes) is 2. The van der Waals surface area contributed by atoms with Gasteiger partial charge >= 0.3 is 5.97 Å². The minimum Gasteiger partial charge on any atom is -0.461 e.